The van der Waals surface area contributed by atoms with E-state index < -0.39 is 0 Å². The molecular formula is C13H23N3O2. The SMILES string of the molecule is CC(=O)NC1CCN(C(=O)C2CCCC2N)CC1. The summed E-state index contributed by atoms with van der Waals surface area (Å²) in [4.78, 5) is 25.2. The maximum Gasteiger partial charge on any atom is 0.227 e. The van der Waals surface area contributed by atoms with Gasteiger partial charge < -0.3 is 16.0 Å². The van der Waals surface area contributed by atoms with Crippen LogP contribution < -0.4 is 11.1 Å². The molecule has 0 bridgehead atoms. The lowest BCUT2D eigenvalue weighted by Crippen LogP contribution is -2.49. The Morgan fingerprint density at radius 3 is 2.33 bits per heavy atom. The molecule has 1 aliphatic heterocycles. The fourth-order valence-corrected chi connectivity index (χ4v) is 3.06. The molecule has 3 N–H and O–H groups in total. The largest absolute Gasteiger partial charge is 0.353 e. The van der Waals surface area contributed by atoms with Gasteiger partial charge in [-0.1, -0.05) is 6.42 Å². The van der Waals surface area contributed by atoms with Crippen LogP contribution in [0.5, 0.6) is 0 Å². The Morgan fingerprint density at radius 2 is 1.83 bits per heavy atom. The van der Waals surface area contributed by atoms with Gasteiger partial charge in [0, 0.05) is 32.1 Å². The normalized spacial score (nSPS) is 29.3. The van der Waals surface area contributed by atoms with Crippen LogP contribution in [0.1, 0.15) is 39.0 Å². The molecule has 0 radical (unpaired) electrons. The number of nitrogens with one attached hydrogen (secondary N) is 1. The second-order valence-corrected chi connectivity index (χ2v) is 5.50. The third-order valence-electron chi connectivity index (χ3n) is 4.10. The van der Waals surface area contributed by atoms with Crippen molar-refractivity contribution >= 4 is 11.8 Å². The summed E-state index contributed by atoms with van der Waals surface area (Å²) < 4.78 is 0. The van der Waals surface area contributed by atoms with Crippen LogP contribution in [-0.2, 0) is 9.59 Å². The Balaban J connectivity index is 1.82. The van der Waals surface area contributed by atoms with Crippen molar-refractivity contribution in [3.05, 3.63) is 0 Å². The fraction of sp³-hybridized carbons (Fsp3) is 0.846. The van der Waals surface area contributed by atoms with Gasteiger partial charge in [-0.05, 0) is 25.7 Å². The second kappa shape index (κ2) is 5.69. The van der Waals surface area contributed by atoms with Crippen molar-refractivity contribution in [2.45, 2.75) is 51.1 Å². The zero-order valence-corrected chi connectivity index (χ0v) is 11.0. The number of piperidine rings is 1. The molecule has 0 spiro atoms. The lowest BCUT2D eigenvalue weighted by molar-refractivity contribution is -0.136. The lowest BCUT2D eigenvalue weighted by atomic mass is 9.99. The quantitative estimate of drug-likeness (QED) is 0.740. The third kappa shape index (κ3) is 3.02. The standard InChI is InChI=1S/C13H23N3O2/c1-9(17)15-10-5-7-16(8-6-10)13(18)11-3-2-4-12(11)14/h10-12H,2-8,14H2,1H3,(H,15,17). The number of rotatable bonds is 2. The van der Waals surface area contributed by atoms with Gasteiger partial charge in [-0.3, -0.25) is 9.59 Å². The number of carbonyl (C=O) groups is 2. The Kier molecular flexibility index (Phi) is 4.22. The molecule has 0 aromatic rings. The third-order valence-corrected chi connectivity index (χ3v) is 4.10. The van der Waals surface area contributed by atoms with Crippen LogP contribution in [0.4, 0.5) is 0 Å². The zero-order chi connectivity index (χ0) is 13.1. The van der Waals surface area contributed by atoms with Gasteiger partial charge in [0.1, 0.15) is 0 Å². The average molecular weight is 253 g/mol. The molecule has 5 nitrogen and oxygen atoms in total. The first kappa shape index (κ1) is 13.3. The number of nitrogens with zero attached hydrogens (tertiary/aromatic N) is 1. The van der Waals surface area contributed by atoms with Crippen LogP contribution in [0.15, 0.2) is 0 Å². The van der Waals surface area contributed by atoms with E-state index in [2.05, 4.69) is 5.32 Å². The van der Waals surface area contributed by atoms with Crippen molar-refractivity contribution in [3.63, 3.8) is 0 Å². The number of amides is 2. The van der Waals surface area contributed by atoms with Crippen molar-refractivity contribution in [2.24, 2.45) is 11.7 Å². The van der Waals surface area contributed by atoms with Crippen LogP contribution in [-0.4, -0.2) is 41.9 Å². The summed E-state index contributed by atoms with van der Waals surface area (Å²) in [6, 6.07) is 0.273. The van der Waals surface area contributed by atoms with Crippen molar-refractivity contribution in [1.29, 1.82) is 0 Å². The molecule has 2 amide bonds. The number of hydrogen-bond donors (Lipinski definition) is 2. The molecule has 5 heteroatoms. The van der Waals surface area contributed by atoms with E-state index in [1.165, 1.54) is 6.92 Å². The lowest BCUT2D eigenvalue weighted by Gasteiger charge is -2.34. The first-order chi connectivity index (χ1) is 8.58. The predicted octanol–water partition coefficient (Wildman–Crippen LogP) is 0.241. The van der Waals surface area contributed by atoms with Gasteiger partial charge in [0.25, 0.3) is 0 Å². The summed E-state index contributed by atoms with van der Waals surface area (Å²) in [6.07, 6.45) is 4.69. The van der Waals surface area contributed by atoms with E-state index in [0.29, 0.717) is 0 Å². The molecule has 2 aliphatic rings. The summed E-state index contributed by atoms with van der Waals surface area (Å²) in [5.41, 5.74) is 5.98. The van der Waals surface area contributed by atoms with Gasteiger partial charge in [0.2, 0.25) is 11.8 Å². The van der Waals surface area contributed by atoms with E-state index in [9.17, 15) is 9.59 Å². The molecule has 102 valence electrons. The highest BCUT2D eigenvalue weighted by Crippen LogP contribution is 2.27. The number of likely N-dealkylation sites (tertiary alicyclic amines) is 1. The first-order valence-corrected chi connectivity index (χ1v) is 6.89. The van der Waals surface area contributed by atoms with E-state index in [4.69, 9.17) is 5.73 Å². The van der Waals surface area contributed by atoms with Crippen molar-refractivity contribution in [1.82, 2.24) is 10.2 Å². The predicted molar refractivity (Wildman–Crippen MR) is 68.7 cm³/mol. The van der Waals surface area contributed by atoms with Gasteiger partial charge in [-0.15, -0.1) is 0 Å². The minimum Gasteiger partial charge on any atom is -0.353 e. The molecule has 18 heavy (non-hydrogen) atoms. The molecule has 0 aromatic heterocycles. The number of hydrogen-bond acceptors (Lipinski definition) is 3. The molecule has 2 unspecified atom stereocenters. The number of nitrogens with two attached hydrogens (primary N) is 1. The molecular weight excluding hydrogens is 230 g/mol. The molecule has 0 aromatic carbocycles. The Labute approximate surface area is 108 Å². The summed E-state index contributed by atoms with van der Waals surface area (Å²) in [5, 5.41) is 2.92. The van der Waals surface area contributed by atoms with Crippen LogP contribution in [0.3, 0.4) is 0 Å². The molecule has 1 saturated heterocycles. The summed E-state index contributed by atoms with van der Waals surface area (Å²) in [6.45, 7) is 3.02. The van der Waals surface area contributed by atoms with Gasteiger partial charge in [-0.25, -0.2) is 0 Å². The van der Waals surface area contributed by atoms with Gasteiger partial charge in [-0.2, -0.15) is 0 Å². The van der Waals surface area contributed by atoms with E-state index in [0.717, 1.165) is 45.2 Å². The zero-order valence-electron chi connectivity index (χ0n) is 11.0. The van der Waals surface area contributed by atoms with Crippen LogP contribution in [0.2, 0.25) is 0 Å². The summed E-state index contributed by atoms with van der Waals surface area (Å²) in [7, 11) is 0. The van der Waals surface area contributed by atoms with Crippen molar-refractivity contribution in [3.8, 4) is 0 Å². The average Bonchev–Trinajstić information content (AvgIpc) is 2.75. The topological polar surface area (TPSA) is 75.4 Å². The van der Waals surface area contributed by atoms with Crippen molar-refractivity contribution in [2.75, 3.05) is 13.1 Å². The van der Waals surface area contributed by atoms with Crippen LogP contribution in [0.25, 0.3) is 0 Å². The Morgan fingerprint density at radius 1 is 1.17 bits per heavy atom. The minimum atomic E-state index is 0.0117. The maximum absolute atomic E-state index is 12.3. The van der Waals surface area contributed by atoms with Gasteiger partial charge >= 0.3 is 0 Å². The molecule has 1 heterocycles. The molecule has 2 rings (SSSR count). The summed E-state index contributed by atoms with van der Waals surface area (Å²) >= 11 is 0. The highest BCUT2D eigenvalue weighted by molar-refractivity contribution is 5.80. The second-order valence-electron chi connectivity index (χ2n) is 5.50. The van der Waals surface area contributed by atoms with Gasteiger partial charge in [0.05, 0.1) is 5.92 Å². The fourth-order valence-electron chi connectivity index (χ4n) is 3.06. The monoisotopic (exact) mass is 253 g/mol. The van der Waals surface area contributed by atoms with E-state index >= 15 is 0 Å². The van der Waals surface area contributed by atoms with E-state index in [1.54, 1.807) is 0 Å². The highest BCUT2D eigenvalue weighted by atomic mass is 16.2. The molecule has 1 aliphatic carbocycles. The molecule has 1 saturated carbocycles. The van der Waals surface area contributed by atoms with Gasteiger partial charge in [0.15, 0.2) is 0 Å². The Bertz CT molecular complexity index is 324. The minimum absolute atomic E-state index is 0.0117. The molecule has 2 atom stereocenters. The molecule has 2 fully saturated rings. The van der Waals surface area contributed by atoms with E-state index in [1.807, 2.05) is 4.90 Å². The van der Waals surface area contributed by atoms with Crippen LogP contribution >= 0.6 is 0 Å². The van der Waals surface area contributed by atoms with Crippen LogP contribution in [0, 0.1) is 5.92 Å². The smallest absolute Gasteiger partial charge is 0.227 e. The van der Waals surface area contributed by atoms with Crippen molar-refractivity contribution < 1.29 is 9.59 Å². The number of carbonyl (C=O) groups excluding carboxylic acids is 2. The highest BCUT2D eigenvalue weighted by Gasteiger charge is 2.34. The Hall–Kier alpha value is -1.10. The maximum atomic E-state index is 12.3. The first-order valence-electron chi connectivity index (χ1n) is 6.89. The summed E-state index contributed by atoms with van der Waals surface area (Å²) in [5.74, 6) is 0.265. The van der Waals surface area contributed by atoms with E-state index in [-0.39, 0.29) is 29.8 Å².